The van der Waals surface area contributed by atoms with Crippen molar-refractivity contribution in [3.63, 3.8) is 0 Å². The maximum Gasteiger partial charge on any atom is 0.351 e. The van der Waals surface area contributed by atoms with Crippen LogP contribution in [0, 0.1) is 0 Å². The Hall–Kier alpha value is -3.66. The van der Waals surface area contributed by atoms with E-state index in [1.165, 1.54) is 7.11 Å². The summed E-state index contributed by atoms with van der Waals surface area (Å²) < 4.78 is 10.6. The Kier molecular flexibility index (Phi) is 5.25. The first kappa shape index (κ1) is 18.7. The van der Waals surface area contributed by atoms with Crippen molar-refractivity contribution in [1.82, 2.24) is 0 Å². The number of hydrogen-bond donors (Lipinski definition) is 0. The van der Waals surface area contributed by atoms with E-state index in [9.17, 15) is 9.59 Å². The molecule has 0 aliphatic rings. The zero-order valence-corrected chi connectivity index (χ0v) is 16.0. The van der Waals surface area contributed by atoms with Gasteiger partial charge in [0.1, 0.15) is 0 Å². The van der Waals surface area contributed by atoms with Crippen LogP contribution < -0.4 is 0 Å². The molecule has 0 aliphatic carbocycles. The van der Waals surface area contributed by atoms with Crippen molar-refractivity contribution in [2.45, 2.75) is 12.5 Å². The molecule has 0 spiro atoms. The van der Waals surface area contributed by atoms with E-state index >= 15 is 0 Å². The molecule has 0 amide bonds. The number of carbonyl (C=O) groups is 2. The average Bonchev–Trinajstić information content (AvgIpc) is 2.77. The first-order valence-electron chi connectivity index (χ1n) is 9.39. The van der Waals surface area contributed by atoms with Crippen LogP contribution in [0.25, 0.3) is 21.5 Å². The SMILES string of the molecule is COC(=O)C(OC(=O)Cc1cccc2ccccc12)c1cccc2ccccc12. The molecule has 0 aliphatic heterocycles. The Labute approximate surface area is 168 Å². The largest absolute Gasteiger partial charge is 0.466 e. The van der Waals surface area contributed by atoms with Crippen LogP contribution in [0.15, 0.2) is 84.9 Å². The molecule has 4 nitrogen and oxygen atoms in total. The molecule has 4 aromatic carbocycles. The molecule has 0 saturated carbocycles. The van der Waals surface area contributed by atoms with E-state index in [0.29, 0.717) is 5.56 Å². The number of rotatable bonds is 5. The smallest absolute Gasteiger partial charge is 0.351 e. The van der Waals surface area contributed by atoms with Crippen molar-refractivity contribution in [2.75, 3.05) is 7.11 Å². The number of benzene rings is 4. The molecule has 0 heterocycles. The van der Waals surface area contributed by atoms with Crippen LogP contribution in [0.2, 0.25) is 0 Å². The molecule has 1 unspecified atom stereocenters. The lowest BCUT2D eigenvalue weighted by Crippen LogP contribution is -2.22. The van der Waals surface area contributed by atoms with Gasteiger partial charge in [-0.2, -0.15) is 0 Å². The molecule has 0 aromatic heterocycles. The first-order chi connectivity index (χ1) is 14.2. The van der Waals surface area contributed by atoms with Crippen molar-refractivity contribution < 1.29 is 19.1 Å². The second-order valence-electron chi connectivity index (χ2n) is 6.78. The van der Waals surface area contributed by atoms with E-state index in [2.05, 4.69) is 0 Å². The lowest BCUT2D eigenvalue weighted by Gasteiger charge is -2.18. The fraction of sp³-hybridized carbons (Fsp3) is 0.120. The molecular weight excluding hydrogens is 364 g/mol. The molecule has 0 fully saturated rings. The van der Waals surface area contributed by atoms with Crippen LogP contribution in [0.5, 0.6) is 0 Å². The number of hydrogen-bond acceptors (Lipinski definition) is 4. The molecule has 4 rings (SSSR count). The van der Waals surface area contributed by atoms with Gasteiger partial charge >= 0.3 is 11.9 Å². The molecular formula is C25H20O4. The number of fused-ring (bicyclic) bond motifs is 2. The molecule has 4 aromatic rings. The second kappa shape index (κ2) is 8.15. The normalized spacial score (nSPS) is 11.9. The van der Waals surface area contributed by atoms with Crippen molar-refractivity contribution >= 4 is 33.5 Å². The van der Waals surface area contributed by atoms with Gasteiger partial charge in [-0.15, -0.1) is 0 Å². The monoisotopic (exact) mass is 384 g/mol. The van der Waals surface area contributed by atoms with E-state index in [0.717, 1.165) is 27.1 Å². The van der Waals surface area contributed by atoms with Crippen molar-refractivity contribution in [3.05, 3.63) is 96.1 Å². The van der Waals surface area contributed by atoms with Crippen LogP contribution >= 0.6 is 0 Å². The maximum atomic E-state index is 12.8. The topological polar surface area (TPSA) is 52.6 Å². The Balaban J connectivity index is 1.65. The summed E-state index contributed by atoms with van der Waals surface area (Å²) in [5, 5.41) is 3.86. The standard InChI is InChI=1S/C25H20O4/c1-28-25(27)24(22-15-7-11-18-9-3-5-14-21(18)22)29-23(26)16-19-12-6-10-17-8-2-4-13-20(17)19/h2-15,24H,16H2,1H3. The lowest BCUT2D eigenvalue weighted by atomic mass is 10.00. The molecule has 29 heavy (non-hydrogen) atoms. The molecule has 4 heteroatoms. The van der Waals surface area contributed by atoms with Crippen LogP contribution in [-0.4, -0.2) is 19.0 Å². The fourth-order valence-electron chi connectivity index (χ4n) is 3.60. The van der Waals surface area contributed by atoms with Crippen molar-refractivity contribution in [3.8, 4) is 0 Å². The zero-order chi connectivity index (χ0) is 20.2. The Bertz CT molecular complexity index is 1190. The molecule has 0 radical (unpaired) electrons. The molecule has 0 N–H and O–H groups in total. The summed E-state index contributed by atoms with van der Waals surface area (Å²) in [6.07, 6.45) is -1.05. The Morgan fingerprint density at radius 1 is 0.759 bits per heavy atom. The highest BCUT2D eigenvalue weighted by Gasteiger charge is 2.27. The van der Waals surface area contributed by atoms with Crippen molar-refractivity contribution in [1.29, 1.82) is 0 Å². The summed E-state index contributed by atoms with van der Waals surface area (Å²) in [6.45, 7) is 0. The molecule has 1 atom stereocenters. The summed E-state index contributed by atoms with van der Waals surface area (Å²) >= 11 is 0. The minimum Gasteiger partial charge on any atom is -0.466 e. The van der Waals surface area contributed by atoms with Gasteiger partial charge in [-0.05, 0) is 27.1 Å². The quantitative estimate of drug-likeness (QED) is 0.455. The first-order valence-corrected chi connectivity index (χ1v) is 9.39. The van der Waals surface area contributed by atoms with Gasteiger partial charge in [0.15, 0.2) is 0 Å². The maximum absolute atomic E-state index is 12.8. The summed E-state index contributed by atoms with van der Waals surface area (Å²) in [5.41, 5.74) is 1.47. The van der Waals surface area contributed by atoms with Crippen LogP contribution in [-0.2, 0) is 25.5 Å². The third kappa shape index (κ3) is 3.83. The van der Waals surface area contributed by atoms with E-state index in [1.807, 2.05) is 78.9 Å². The Morgan fingerprint density at radius 3 is 2.07 bits per heavy atom. The van der Waals surface area contributed by atoms with E-state index < -0.39 is 18.0 Å². The van der Waals surface area contributed by atoms with Gasteiger partial charge in [0.2, 0.25) is 6.10 Å². The third-order valence-electron chi connectivity index (χ3n) is 4.99. The summed E-state index contributed by atoms with van der Waals surface area (Å²) in [5.74, 6) is -1.09. The van der Waals surface area contributed by atoms with Gasteiger partial charge in [-0.1, -0.05) is 84.9 Å². The second-order valence-corrected chi connectivity index (χ2v) is 6.78. The van der Waals surface area contributed by atoms with Gasteiger partial charge in [0.25, 0.3) is 0 Å². The van der Waals surface area contributed by atoms with Crippen molar-refractivity contribution in [2.24, 2.45) is 0 Å². The van der Waals surface area contributed by atoms with Crippen LogP contribution in [0.1, 0.15) is 17.2 Å². The predicted octanol–water partition coefficient (Wildman–Crippen LogP) is 4.99. The highest BCUT2D eigenvalue weighted by atomic mass is 16.6. The summed E-state index contributed by atoms with van der Waals surface area (Å²) in [7, 11) is 1.29. The van der Waals surface area contributed by atoms with Crippen LogP contribution in [0.3, 0.4) is 0 Å². The highest BCUT2D eigenvalue weighted by Crippen LogP contribution is 2.28. The number of esters is 2. The van der Waals surface area contributed by atoms with E-state index in [-0.39, 0.29) is 6.42 Å². The number of carbonyl (C=O) groups excluding carboxylic acids is 2. The van der Waals surface area contributed by atoms with E-state index in [1.54, 1.807) is 6.07 Å². The number of methoxy groups -OCH3 is 1. The third-order valence-corrected chi connectivity index (χ3v) is 4.99. The lowest BCUT2D eigenvalue weighted by molar-refractivity contribution is -0.166. The minimum absolute atomic E-state index is 0.0691. The summed E-state index contributed by atoms with van der Waals surface area (Å²) in [4.78, 5) is 25.2. The molecule has 0 saturated heterocycles. The molecule has 144 valence electrons. The zero-order valence-electron chi connectivity index (χ0n) is 16.0. The van der Waals surface area contributed by atoms with Gasteiger partial charge in [0.05, 0.1) is 13.5 Å². The number of ether oxygens (including phenoxy) is 2. The van der Waals surface area contributed by atoms with Gasteiger partial charge in [-0.25, -0.2) is 4.79 Å². The molecule has 0 bridgehead atoms. The average molecular weight is 384 g/mol. The van der Waals surface area contributed by atoms with E-state index in [4.69, 9.17) is 9.47 Å². The predicted molar refractivity (Wildman–Crippen MR) is 112 cm³/mol. The highest BCUT2D eigenvalue weighted by molar-refractivity contribution is 5.93. The Morgan fingerprint density at radius 2 is 1.34 bits per heavy atom. The van der Waals surface area contributed by atoms with Crippen LogP contribution in [0.4, 0.5) is 0 Å². The van der Waals surface area contributed by atoms with Gasteiger partial charge < -0.3 is 9.47 Å². The summed E-state index contributed by atoms with van der Waals surface area (Å²) in [6, 6.07) is 26.9. The fourth-order valence-corrected chi connectivity index (χ4v) is 3.60. The minimum atomic E-state index is -1.12. The van der Waals surface area contributed by atoms with Gasteiger partial charge in [0, 0.05) is 5.56 Å². The van der Waals surface area contributed by atoms with Gasteiger partial charge in [-0.3, -0.25) is 4.79 Å².